The van der Waals surface area contributed by atoms with Gasteiger partial charge in [0.25, 0.3) is 0 Å². The average Bonchev–Trinajstić information content (AvgIpc) is 2.38. The Hall–Kier alpha value is -2.17. The molecule has 0 saturated heterocycles. The molecule has 0 fully saturated rings. The van der Waals surface area contributed by atoms with E-state index in [4.69, 9.17) is 4.74 Å². The van der Waals surface area contributed by atoms with Crippen LogP contribution in [0, 0.1) is 0 Å². The number of aromatic nitrogens is 3. The van der Waals surface area contributed by atoms with Crippen molar-refractivity contribution in [1.29, 1.82) is 0 Å². The van der Waals surface area contributed by atoms with Crippen LogP contribution in [0.2, 0.25) is 0 Å². The van der Waals surface area contributed by atoms with E-state index >= 15 is 0 Å². The third-order valence-electron chi connectivity index (χ3n) is 2.52. The van der Waals surface area contributed by atoms with Crippen LogP contribution < -0.4 is 4.74 Å². The van der Waals surface area contributed by atoms with Crippen molar-refractivity contribution in [3.63, 3.8) is 0 Å². The van der Waals surface area contributed by atoms with Gasteiger partial charge in [-0.25, -0.2) is 0 Å². The summed E-state index contributed by atoms with van der Waals surface area (Å²) in [5.41, 5.74) is 1.78. The van der Waals surface area contributed by atoms with Gasteiger partial charge in [0.05, 0.1) is 11.4 Å². The minimum absolute atomic E-state index is 0.140. The molecule has 0 aliphatic rings. The molecule has 0 saturated carbocycles. The van der Waals surface area contributed by atoms with Crippen molar-refractivity contribution >= 4 is 0 Å². The molecule has 2 aromatic rings. The second-order valence-electron chi connectivity index (χ2n) is 3.79. The molecular weight excluding hydrogens is 230 g/mol. The first kappa shape index (κ1) is 12.3. The summed E-state index contributed by atoms with van der Waals surface area (Å²) in [6.45, 7) is 4.03. The lowest BCUT2D eigenvalue weighted by Crippen LogP contribution is -2.04. The smallest absolute Gasteiger partial charge is 0.341 e. The Balaban J connectivity index is 2.24. The van der Waals surface area contributed by atoms with Gasteiger partial charge in [0.15, 0.2) is 0 Å². The predicted molar refractivity (Wildman–Crippen MR) is 66.8 cm³/mol. The largest absolute Gasteiger partial charge is 0.508 e. The fraction of sp³-hybridized carbons (Fsp3) is 0.308. The highest BCUT2D eigenvalue weighted by atomic mass is 16.5. The zero-order valence-electron chi connectivity index (χ0n) is 10.4. The first-order valence-electron chi connectivity index (χ1n) is 5.92. The van der Waals surface area contributed by atoms with Crippen molar-refractivity contribution in [3.05, 3.63) is 35.7 Å². The number of aromatic hydroxyl groups is 1. The lowest BCUT2D eigenvalue weighted by molar-refractivity contribution is 0.420. The third-order valence-corrected chi connectivity index (χ3v) is 2.52. The molecule has 0 spiro atoms. The quantitative estimate of drug-likeness (QED) is 0.896. The van der Waals surface area contributed by atoms with Crippen LogP contribution in [0.3, 0.4) is 0 Å². The normalized spacial score (nSPS) is 10.3. The molecule has 1 heterocycles. The van der Waals surface area contributed by atoms with Gasteiger partial charge in [0, 0.05) is 6.07 Å². The standard InChI is InChI=1S/C13H15N3O2/c1-3-11-12(4-2)15-16-13(14-11)18-10-7-5-6-9(17)8-10/h5-8,17H,3-4H2,1-2H3. The Bertz CT molecular complexity index is 544. The summed E-state index contributed by atoms with van der Waals surface area (Å²) in [4.78, 5) is 4.31. The predicted octanol–water partition coefficient (Wildman–Crippen LogP) is 2.49. The van der Waals surface area contributed by atoms with Crippen molar-refractivity contribution in [2.75, 3.05) is 0 Å². The fourth-order valence-electron chi connectivity index (χ4n) is 1.62. The number of benzene rings is 1. The Kier molecular flexibility index (Phi) is 3.72. The number of phenols is 1. The van der Waals surface area contributed by atoms with Crippen LogP contribution in [0.15, 0.2) is 24.3 Å². The van der Waals surface area contributed by atoms with Crippen molar-refractivity contribution in [2.45, 2.75) is 26.7 Å². The van der Waals surface area contributed by atoms with E-state index in [2.05, 4.69) is 15.2 Å². The minimum atomic E-state index is 0.140. The molecule has 0 amide bonds. The summed E-state index contributed by atoms with van der Waals surface area (Å²) < 4.78 is 5.46. The first-order chi connectivity index (χ1) is 8.72. The molecule has 0 aliphatic heterocycles. The third kappa shape index (κ3) is 2.74. The molecule has 94 valence electrons. The van der Waals surface area contributed by atoms with E-state index in [1.165, 1.54) is 6.07 Å². The van der Waals surface area contributed by atoms with Crippen LogP contribution in [0.1, 0.15) is 25.2 Å². The van der Waals surface area contributed by atoms with E-state index in [-0.39, 0.29) is 11.8 Å². The van der Waals surface area contributed by atoms with E-state index in [1.54, 1.807) is 18.2 Å². The lowest BCUT2D eigenvalue weighted by Gasteiger charge is -2.06. The van der Waals surface area contributed by atoms with E-state index in [1.807, 2.05) is 13.8 Å². The van der Waals surface area contributed by atoms with Gasteiger partial charge in [-0.15, -0.1) is 5.10 Å². The van der Waals surface area contributed by atoms with Crippen molar-refractivity contribution < 1.29 is 9.84 Å². The van der Waals surface area contributed by atoms with Gasteiger partial charge >= 0.3 is 6.01 Å². The van der Waals surface area contributed by atoms with Crippen LogP contribution in [0.5, 0.6) is 17.5 Å². The number of ether oxygens (including phenoxy) is 1. The van der Waals surface area contributed by atoms with E-state index in [0.717, 1.165) is 24.2 Å². The molecule has 0 bridgehead atoms. The van der Waals surface area contributed by atoms with Crippen molar-refractivity contribution in [2.24, 2.45) is 0 Å². The van der Waals surface area contributed by atoms with Crippen LogP contribution in [-0.4, -0.2) is 20.3 Å². The Morgan fingerprint density at radius 1 is 1.11 bits per heavy atom. The van der Waals surface area contributed by atoms with Gasteiger partial charge in [-0.2, -0.15) is 4.98 Å². The Morgan fingerprint density at radius 3 is 2.56 bits per heavy atom. The topological polar surface area (TPSA) is 68.1 Å². The van der Waals surface area contributed by atoms with Crippen molar-refractivity contribution in [1.82, 2.24) is 15.2 Å². The van der Waals surface area contributed by atoms with Crippen LogP contribution in [-0.2, 0) is 12.8 Å². The molecule has 18 heavy (non-hydrogen) atoms. The minimum Gasteiger partial charge on any atom is -0.508 e. The van der Waals surface area contributed by atoms with Gasteiger partial charge in [-0.3, -0.25) is 0 Å². The van der Waals surface area contributed by atoms with Crippen LogP contribution in [0.4, 0.5) is 0 Å². The molecule has 0 aliphatic carbocycles. The van der Waals surface area contributed by atoms with Gasteiger partial charge in [-0.1, -0.05) is 25.0 Å². The zero-order valence-corrected chi connectivity index (χ0v) is 10.4. The molecule has 0 radical (unpaired) electrons. The van der Waals surface area contributed by atoms with Crippen molar-refractivity contribution in [3.8, 4) is 17.5 Å². The number of phenolic OH excluding ortho intramolecular Hbond substituents is 1. The number of nitrogens with zero attached hydrogens (tertiary/aromatic N) is 3. The molecule has 1 aromatic carbocycles. The maximum atomic E-state index is 9.34. The molecule has 1 aromatic heterocycles. The Morgan fingerprint density at radius 2 is 1.89 bits per heavy atom. The molecule has 1 N–H and O–H groups in total. The summed E-state index contributed by atoms with van der Waals surface area (Å²) >= 11 is 0. The molecular formula is C13H15N3O2. The highest BCUT2D eigenvalue weighted by Gasteiger charge is 2.08. The SMILES string of the molecule is CCc1nnc(Oc2cccc(O)c2)nc1CC. The number of hydrogen-bond donors (Lipinski definition) is 1. The van der Waals surface area contributed by atoms with Gasteiger partial charge in [0.2, 0.25) is 0 Å². The summed E-state index contributed by atoms with van der Waals surface area (Å²) in [5.74, 6) is 0.629. The lowest BCUT2D eigenvalue weighted by atomic mass is 10.2. The maximum absolute atomic E-state index is 9.34. The second kappa shape index (κ2) is 5.44. The molecule has 0 unspecified atom stereocenters. The van der Waals surface area contributed by atoms with Crippen LogP contribution >= 0.6 is 0 Å². The monoisotopic (exact) mass is 245 g/mol. The average molecular weight is 245 g/mol. The molecule has 0 atom stereocenters. The first-order valence-corrected chi connectivity index (χ1v) is 5.92. The molecule has 5 heteroatoms. The zero-order chi connectivity index (χ0) is 13.0. The Labute approximate surface area is 105 Å². The molecule has 5 nitrogen and oxygen atoms in total. The summed E-state index contributed by atoms with van der Waals surface area (Å²) in [5, 5.41) is 17.3. The second-order valence-corrected chi connectivity index (χ2v) is 3.79. The van der Waals surface area contributed by atoms with Gasteiger partial charge < -0.3 is 9.84 Å². The van der Waals surface area contributed by atoms with E-state index < -0.39 is 0 Å². The number of hydrogen-bond acceptors (Lipinski definition) is 5. The van der Waals surface area contributed by atoms with Crippen LogP contribution in [0.25, 0.3) is 0 Å². The molecule has 2 rings (SSSR count). The highest BCUT2D eigenvalue weighted by Crippen LogP contribution is 2.22. The fourth-order valence-corrected chi connectivity index (χ4v) is 1.62. The van der Waals surface area contributed by atoms with E-state index in [9.17, 15) is 5.11 Å². The summed E-state index contributed by atoms with van der Waals surface area (Å²) in [6, 6.07) is 6.70. The summed E-state index contributed by atoms with van der Waals surface area (Å²) in [6.07, 6.45) is 1.59. The maximum Gasteiger partial charge on any atom is 0.341 e. The highest BCUT2D eigenvalue weighted by molar-refractivity contribution is 5.33. The summed E-state index contributed by atoms with van der Waals surface area (Å²) in [7, 11) is 0. The van der Waals surface area contributed by atoms with E-state index in [0.29, 0.717) is 5.75 Å². The number of aryl methyl sites for hydroxylation is 2. The van der Waals surface area contributed by atoms with Gasteiger partial charge in [-0.05, 0) is 25.0 Å². The number of rotatable bonds is 4. The van der Waals surface area contributed by atoms with Gasteiger partial charge in [0.1, 0.15) is 11.5 Å².